The van der Waals surface area contributed by atoms with Gasteiger partial charge in [-0.05, 0) is 75.6 Å². The predicted molar refractivity (Wildman–Crippen MR) is 120 cm³/mol. The molecule has 0 radical (unpaired) electrons. The molecule has 2 atom stereocenters. The Labute approximate surface area is 187 Å². The van der Waals surface area contributed by atoms with Gasteiger partial charge < -0.3 is 10.5 Å². The first-order chi connectivity index (χ1) is 15.0. The Morgan fingerprint density at radius 1 is 1.31 bits per heavy atom. The molecule has 0 bridgehead atoms. The number of allylic oxidation sites excluding steroid dienone is 2. The third-order valence-corrected chi connectivity index (χ3v) is 5.80. The van der Waals surface area contributed by atoms with Gasteiger partial charge in [0.1, 0.15) is 17.3 Å². The van der Waals surface area contributed by atoms with Gasteiger partial charge in [-0.2, -0.15) is 0 Å². The van der Waals surface area contributed by atoms with Crippen molar-refractivity contribution in [3.8, 4) is 0 Å². The fraction of sp³-hybridized carbons (Fsp3) is 0.480. The smallest absolute Gasteiger partial charge is 0.341 e. The molecule has 0 aromatic heterocycles. The topological polar surface area (TPSA) is 81.8 Å². The number of esters is 1. The molecule has 5 nitrogen and oxygen atoms in total. The van der Waals surface area contributed by atoms with Crippen molar-refractivity contribution in [2.45, 2.75) is 71.6 Å². The Bertz CT molecular complexity index is 1020. The molecule has 0 saturated heterocycles. The van der Waals surface area contributed by atoms with E-state index in [4.69, 9.17) is 10.5 Å². The third-order valence-electron chi connectivity index (χ3n) is 5.80. The van der Waals surface area contributed by atoms with E-state index in [1.54, 1.807) is 33.0 Å². The van der Waals surface area contributed by atoms with Crippen molar-refractivity contribution in [3.63, 3.8) is 0 Å². The van der Waals surface area contributed by atoms with E-state index in [1.165, 1.54) is 12.1 Å². The summed E-state index contributed by atoms with van der Waals surface area (Å²) in [6, 6.07) is 4.30. The number of aliphatic imine (C=N–C) groups is 1. The van der Waals surface area contributed by atoms with Crippen LogP contribution in [0.1, 0.15) is 75.7 Å². The van der Waals surface area contributed by atoms with Crippen LogP contribution in [0.3, 0.4) is 0 Å². The van der Waals surface area contributed by atoms with Gasteiger partial charge >= 0.3 is 5.97 Å². The lowest BCUT2D eigenvalue weighted by molar-refractivity contribution is -0.126. The fourth-order valence-corrected chi connectivity index (χ4v) is 4.16. The van der Waals surface area contributed by atoms with E-state index in [2.05, 4.69) is 4.99 Å². The summed E-state index contributed by atoms with van der Waals surface area (Å²) in [5.74, 6) is -1.61. The van der Waals surface area contributed by atoms with E-state index in [0.717, 1.165) is 11.1 Å². The van der Waals surface area contributed by atoms with Crippen molar-refractivity contribution >= 4 is 23.2 Å². The number of nitrogens with zero attached hydrogens (tertiary/aromatic N) is 1. The zero-order valence-electron chi connectivity index (χ0n) is 19.0. The minimum absolute atomic E-state index is 0.0774. The Kier molecular flexibility index (Phi) is 6.96. The minimum Gasteiger partial charge on any atom is -0.456 e. The van der Waals surface area contributed by atoms with Gasteiger partial charge in [0.25, 0.3) is 0 Å². The van der Waals surface area contributed by atoms with Gasteiger partial charge in [-0.1, -0.05) is 18.6 Å². The quantitative estimate of drug-likeness (QED) is 0.639. The van der Waals surface area contributed by atoms with E-state index in [-0.39, 0.29) is 35.9 Å². The fourth-order valence-electron chi connectivity index (χ4n) is 4.16. The zero-order valence-corrected chi connectivity index (χ0v) is 19.0. The summed E-state index contributed by atoms with van der Waals surface area (Å²) < 4.78 is 34.1. The summed E-state index contributed by atoms with van der Waals surface area (Å²) in [5, 5.41) is 0. The largest absolute Gasteiger partial charge is 0.456 e. The molecule has 1 aliphatic carbocycles. The number of carbonyl (C=O) groups is 2. The Balaban J connectivity index is 1.92. The minimum atomic E-state index is -1.44. The van der Waals surface area contributed by atoms with Crippen LogP contribution >= 0.6 is 0 Å². The Hall–Kier alpha value is -2.83. The summed E-state index contributed by atoms with van der Waals surface area (Å²) in [7, 11) is 0. The number of halogens is 2. The van der Waals surface area contributed by atoms with Crippen LogP contribution < -0.4 is 5.73 Å². The lowest BCUT2D eigenvalue weighted by Gasteiger charge is -2.26. The highest BCUT2D eigenvalue weighted by Crippen LogP contribution is 2.37. The number of hydrogen-bond donors (Lipinski definition) is 1. The number of Topliss-reactive ketones (excluding diaryl/α,β-unsaturated/α-hetero) is 1. The highest BCUT2D eigenvalue weighted by molar-refractivity contribution is 6.23. The van der Waals surface area contributed by atoms with Gasteiger partial charge in [-0.3, -0.25) is 4.79 Å². The highest BCUT2D eigenvalue weighted by Gasteiger charge is 2.32. The number of ether oxygens (including phenoxy) is 1. The van der Waals surface area contributed by atoms with Crippen LogP contribution in [-0.2, 0) is 9.53 Å². The number of ketones is 1. The van der Waals surface area contributed by atoms with Gasteiger partial charge in [0.05, 0.1) is 5.56 Å². The third kappa shape index (κ3) is 5.31. The van der Waals surface area contributed by atoms with Gasteiger partial charge in [0.2, 0.25) is 0 Å². The number of hydrogen-bond acceptors (Lipinski definition) is 5. The molecule has 1 fully saturated rings. The molecule has 1 saturated carbocycles. The van der Waals surface area contributed by atoms with Gasteiger partial charge in [-0.25, -0.2) is 18.6 Å². The van der Waals surface area contributed by atoms with Crippen LogP contribution in [0, 0.1) is 11.7 Å². The predicted octanol–water partition coefficient (Wildman–Crippen LogP) is 5.30. The normalized spacial score (nSPS) is 22.2. The highest BCUT2D eigenvalue weighted by atomic mass is 19.1. The molecule has 32 heavy (non-hydrogen) atoms. The molecule has 1 heterocycles. The number of amidine groups is 1. The molecule has 172 valence electrons. The standard InChI is InChI=1S/C25H30F2N2O3/c1-5-14-10-17(15-7-9-21(30)20(27)11-15)13-29-23(28)22(14)16-6-8-18(19(26)12-16)24(31)32-25(2,3)4/h6,8,12-13,15,20H,5,7,9-11H2,1-4H3,(H2,28,29). The monoisotopic (exact) mass is 444 g/mol. The molecule has 0 spiro atoms. The molecule has 1 aromatic rings. The van der Waals surface area contributed by atoms with Crippen LogP contribution in [0.5, 0.6) is 0 Å². The van der Waals surface area contributed by atoms with E-state index >= 15 is 0 Å². The number of rotatable bonds is 4. The van der Waals surface area contributed by atoms with Crippen LogP contribution in [0.4, 0.5) is 8.78 Å². The molecule has 2 aliphatic rings. The lowest BCUT2D eigenvalue weighted by Crippen LogP contribution is -2.27. The lowest BCUT2D eigenvalue weighted by atomic mass is 9.79. The molecule has 1 aromatic carbocycles. The average Bonchev–Trinajstić information content (AvgIpc) is 2.87. The van der Waals surface area contributed by atoms with Crippen LogP contribution in [0.15, 0.2) is 40.5 Å². The van der Waals surface area contributed by atoms with Gasteiger partial charge in [0, 0.05) is 18.2 Å². The first-order valence-electron chi connectivity index (χ1n) is 10.9. The van der Waals surface area contributed by atoms with Crippen LogP contribution in [0.25, 0.3) is 5.57 Å². The van der Waals surface area contributed by atoms with E-state index < -0.39 is 23.6 Å². The number of carbonyl (C=O) groups excluding carboxylic acids is 2. The molecule has 3 rings (SSSR count). The van der Waals surface area contributed by atoms with Crippen molar-refractivity contribution in [1.29, 1.82) is 0 Å². The summed E-state index contributed by atoms with van der Waals surface area (Å²) in [4.78, 5) is 28.2. The first kappa shape index (κ1) is 23.8. The summed E-state index contributed by atoms with van der Waals surface area (Å²) >= 11 is 0. The van der Waals surface area contributed by atoms with E-state index in [1.807, 2.05) is 6.92 Å². The molecule has 7 heteroatoms. The second-order valence-electron chi connectivity index (χ2n) is 9.33. The maximum atomic E-state index is 14.8. The second-order valence-corrected chi connectivity index (χ2v) is 9.33. The average molecular weight is 445 g/mol. The molecular weight excluding hydrogens is 414 g/mol. The molecule has 2 N–H and O–H groups in total. The number of nitrogens with two attached hydrogens (primary N) is 1. The number of benzene rings is 1. The van der Waals surface area contributed by atoms with Crippen molar-refractivity contribution in [2.75, 3.05) is 0 Å². The Morgan fingerprint density at radius 2 is 2.03 bits per heavy atom. The summed E-state index contributed by atoms with van der Waals surface area (Å²) in [6.45, 7) is 7.13. The zero-order chi connectivity index (χ0) is 23.6. The first-order valence-corrected chi connectivity index (χ1v) is 10.9. The number of alkyl halides is 1. The Morgan fingerprint density at radius 3 is 2.62 bits per heavy atom. The maximum Gasteiger partial charge on any atom is 0.341 e. The van der Waals surface area contributed by atoms with Crippen molar-refractivity contribution in [3.05, 3.63) is 52.5 Å². The van der Waals surface area contributed by atoms with Gasteiger partial charge in [-0.15, -0.1) is 0 Å². The second kappa shape index (κ2) is 9.35. The summed E-state index contributed by atoms with van der Waals surface area (Å²) in [6.07, 6.45) is 2.36. The molecule has 0 amide bonds. The van der Waals surface area contributed by atoms with Crippen LogP contribution in [0.2, 0.25) is 0 Å². The SMILES string of the molecule is CCC1=C(c2ccc(C(=O)OC(C)(C)C)c(F)c2)C(N)=NC=C(C2CCC(=O)C(F)C2)C1. The molecule has 2 unspecified atom stereocenters. The van der Waals surface area contributed by atoms with Gasteiger partial charge in [0.15, 0.2) is 12.0 Å². The van der Waals surface area contributed by atoms with Crippen molar-refractivity contribution in [2.24, 2.45) is 16.6 Å². The van der Waals surface area contributed by atoms with Crippen LogP contribution in [-0.4, -0.2) is 29.4 Å². The van der Waals surface area contributed by atoms with E-state index in [0.29, 0.717) is 30.4 Å². The molecular formula is C25H30F2N2O3. The summed E-state index contributed by atoms with van der Waals surface area (Å²) in [5.41, 5.74) is 8.40. The van der Waals surface area contributed by atoms with Crippen molar-refractivity contribution in [1.82, 2.24) is 0 Å². The molecule has 1 aliphatic heterocycles. The van der Waals surface area contributed by atoms with Crippen molar-refractivity contribution < 1.29 is 23.1 Å². The van der Waals surface area contributed by atoms with E-state index in [9.17, 15) is 18.4 Å². The maximum absolute atomic E-state index is 14.8.